The van der Waals surface area contributed by atoms with E-state index in [0.717, 1.165) is 45.8 Å². The van der Waals surface area contributed by atoms with Crippen molar-refractivity contribution in [2.45, 2.75) is 123 Å². The highest BCUT2D eigenvalue weighted by atomic mass is 32.1. The number of hydrogen-bond acceptors (Lipinski definition) is 12. The number of ether oxygens (including phenoxy) is 1. The standard InChI is InChI=1S/C49H59F2N11O6S/c1-28-43(69-27-53-28)31-10-8-30(9-11-31)21-52-47(66)40-19-34(64)24-61(40)48(67)44(49(3,4)5)56-41(65)26-59-23-32(22-54-59)42-35(45(50)51)20-39-37(55-42)7-6-15-60(39)46-36-25-58(29(2)63)16-12-38(36)62(57-46)33-13-17-68-18-14-33/h8-11,20,22-23,27,33-34,40,44-45,64H,6-7,12-19,21,24-26H2,1-5H3,(H,52,66)(H,56,65)/t34-,40+,44-/m1/s1. The van der Waals surface area contributed by atoms with Gasteiger partial charge < -0.3 is 35.2 Å². The Balaban J connectivity index is 0.896. The minimum absolute atomic E-state index is 0.0358. The van der Waals surface area contributed by atoms with Crippen LogP contribution in [0, 0.1) is 12.3 Å². The fourth-order valence-corrected chi connectivity index (χ4v) is 10.8. The highest BCUT2D eigenvalue weighted by molar-refractivity contribution is 7.13. The van der Waals surface area contributed by atoms with Gasteiger partial charge in [0.05, 0.1) is 58.0 Å². The predicted molar refractivity (Wildman–Crippen MR) is 253 cm³/mol. The van der Waals surface area contributed by atoms with Crippen molar-refractivity contribution in [3.63, 3.8) is 0 Å². The number of hydrogen-bond donors (Lipinski definition) is 3. The number of halogens is 2. The molecule has 0 aliphatic carbocycles. The number of rotatable bonds is 12. The topological polar surface area (TPSA) is 193 Å². The van der Waals surface area contributed by atoms with Crippen molar-refractivity contribution in [3.05, 3.63) is 82.0 Å². The molecule has 2 saturated heterocycles. The van der Waals surface area contributed by atoms with Gasteiger partial charge in [0.15, 0.2) is 5.82 Å². The first-order chi connectivity index (χ1) is 33.0. The van der Waals surface area contributed by atoms with Crippen LogP contribution in [0.4, 0.5) is 20.3 Å². The molecule has 5 aromatic rings. The number of aliphatic hydroxyl groups is 1. The van der Waals surface area contributed by atoms with Gasteiger partial charge in [0.1, 0.15) is 18.6 Å². The van der Waals surface area contributed by atoms with Crippen molar-refractivity contribution in [2.24, 2.45) is 5.41 Å². The van der Waals surface area contributed by atoms with E-state index < -0.39 is 47.7 Å². The zero-order chi connectivity index (χ0) is 48.7. The van der Waals surface area contributed by atoms with Crippen LogP contribution in [0.3, 0.4) is 0 Å². The molecule has 2 fully saturated rings. The molecule has 1 aromatic carbocycles. The third kappa shape index (κ3) is 10.0. The normalized spacial score (nSPS) is 19.1. The van der Waals surface area contributed by atoms with E-state index in [4.69, 9.17) is 14.8 Å². The van der Waals surface area contributed by atoms with Crippen LogP contribution in [0.1, 0.15) is 99.6 Å². The quantitative estimate of drug-likeness (QED) is 0.140. The van der Waals surface area contributed by atoms with Crippen LogP contribution in [0.5, 0.6) is 0 Å². The highest BCUT2D eigenvalue weighted by Crippen LogP contribution is 2.42. The van der Waals surface area contributed by atoms with Gasteiger partial charge in [-0.05, 0) is 55.2 Å². The number of likely N-dealkylation sites (tertiary alicyclic amines) is 1. The lowest BCUT2D eigenvalue weighted by Crippen LogP contribution is -2.58. The number of nitrogens with one attached hydrogen (secondary N) is 2. The molecule has 0 bridgehead atoms. The summed E-state index contributed by atoms with van der Waals surface area (Å²) in [4.78, 5) is 69.5. The molecule has 17 nitrogen and oxygen atoms in total. The number of carbonyl (C=O) groups excluding carboxylic acids is 4. The maximum Gasteiger partial charge on any atom is 0.266 e. The number of β-amino-alcohol motifs (C(OH)–C–C–N with tert-alkyl or cyclic N) is 1. The Kier molecular flexibility index (Phi) is 13.7. The fourth-order valence-electron chi connectivity index (χ4n) is 9.97. The first-order valence-corrected chi connectivity index (χ1v) is 24.5. The first-order valence-electron chi connectivity index (χ1n) is 23.6. The molecule has 4 aromatic heterocycles. The van der Waals surface area contributed by atoms with Gasteiger partial charge >= 0.3 is 0 Å². The zero-order valence-corrected chi connectivity index (χ0v) is 40.4. The van der Waals surface area contributed by atoms with Crippen LogP contribution in [0.15, 0.2) is 48.2 Å². The molecule has 3 N–H and O–H groups in total. The summed E-state index contributed by atoms with van der Waals surface area (Å²) in [6, 6.07) is 7.37. The van der Waals surface area contributed by atoms with Gasteiger partial charge in [0.25, 0.3) is 6.43 Å². The SMILES string of the molecule is CC(=O)N1CCc2c(c(N3CCCc4nc(-c5cnn(CC(=O)N[C@H](C(=O)N6C[C@H](O)C[C@H]6C(=O)NCc6ccc(-c7scnc7C)cc6)C(C)(C)C)c5)c(C(F)F)cc43)nn2C2CCOCC2)C1. The molecular formula is C49H59F2N11O6S. The molecule has 4 aliphatic rings. The Morgan fingerprint density at radius 1 is 1.04 bits per heavy atom. The number of aliphatic hydroxyl groups excluding tert-OH is 1. The molecule has 4 amide bonds. The summed E-state index contributed by atoms with van der Waals surface area (Å²) in [5.74, 6) is -0.877. The summed E-state index contributed by atoms with van der Waals surface area (Å²) in [6.07, 6.45) is 2.59. The Morgan fingerprint density at radius 3 is 2.51 bits per heavy atom. The van der Waals surface area contributed by atoms with E-state index in [1.807, 2.05) is 36.1 Å². The largest absolute Gasteiger partial charge is 0.391 e. The zero-order valence-electron chi connectivity index (χ0n) is 39.6. The smallest absolute Gasteiger partial charge is 0.266 e. The molecular weight excluding hydrogens is 909 g/mol. The third-order valence-corrected chi connectivity index (χ3v) is 14.6. The van der Waals surface area contributed by atoms with Crippen molar-refractivity contribution >= 4 is 46.5 Å². The molecule has 8 heterocycles. The number of alkyl halides is 2. The van der Waals surface area contributed by atoms with Crippen LogP contribution >= 0.6 is 11.3 Å². The van der Waals surface area contributed by atoms with Gasteiger partial charge in [-0.3, -0.25) is 33.5 Å². The number of nitrogens with zero attached hydrogens (tertiary/aromatic N) is 9. The number of fused-ring (bicyclic) bond motifs is 2. The van der Waals surface area contributed by atoms with E-state index in [2.05, 4.69) is 25.4 Å². The number of pyridine rings is 1. The molecule has 0 unspecified atom stereocenters. The van der Waals surface area contributed by atoms with Crippen LogP contribution in [0.25, 0.3) is 21.7 Å². The Morgan fingerprint density at radius 2 is 1.81 bits per heavy atom. The number of aromatic nitrogens is 6. The minimum Gasteiger partial charge on any atom is -0.391 e. The molecule has 69 heavy (non-hydrogen) atoms. The lowest BCUT2D eigenvalue weighted by atomic mass is 9.85. The van der Waals surface area contributed by atoms with E-state index in [9.17, 15) is 24.3 Å². The van der Waals surface area contributed by atoms with Gasteiger partial charge in [-0.1, -0.05) is 45.0 Å². The monoisotopic (exact) mass is 967 g/mol. The molecule has 3 atom stereocenters. The summed E-state index contributed by atoms with van der Waals surface area (Å²) in [6.45, 7) is 11.4. The van der Waals surface area contributed by atoms with E-state index in [1.165, 1.54) is 28.0 Å². The lowest BCUT2D eigenvalue weighted by molar-refractivity contribution is -0.144. The van der Waals surface area contributed by atoms with Crippen LogP contribution in [0.2, 0.25) is 0 Å². The van der Waals surface area contributed by atoms with Crippen molar-refractivity contribution in [3.8, 4) is 21.7 Å². The number of anilines is 2. The summed E-state index contributed by atoms with van der Waals surface area (Å²) < 4.78 is 39.3. The van der Waals surface area contributed by atoms with E-state index >= 15 is 8.78 Å². The maximum absolute atomic E-state index is 15.1. The van der Waals surface area contributed by atoms with Gasteiger partial charge in [-0.15, -0.1) is 11.3 Å². The second-order valence-corrected chi connectivity index (χ2v) is 20.4. The van der Waals surface area contributed by atoms with Crippen molar-refractivity contribution < 1.29 is 37.8 Å². The highest BCUT2D eigenvalue weighted by Gasteiger charge is 2.45. The second kappa shape index (κ2) is 19.7. The van der Waals surface area contributed by atoms with E-state index in [-0.39, 0.29) is 49.3 Å². The molecule has 0 radical (unpaired) electrons. The van der Waals surface area contributed by atoms with E-state index in [1.54, 1.807) is 49.4 Å². The molecule has 0 saturated carbocycles. The summed E-state index contributed by atoms with van der Waals surface area (Å²) in [5, 5.41) is 26.0. The minimum atomic E-state index is -2.89. The second-order valence-electron chi connectivity index (χ2n) is 19.5. The Labute approximate surface area is 403 Å². The van der Waals surface area contributed by atoms with Crippen molar-refractivity contribution in [1.29, 1.82) is 0 Å². The fraction of sp³-hybridized carbons (Fsp3) is 0.510. The molecule has 9 rings (SSSR count). The molecule has 4 aliphatic heterocycles. The summed E-state index contributed by atoms with van der Waals surface area (Å²) in [5.41, 5.74) is 7.03. The average Bonchev–Trinajstić information content (AvgIpc) is 4.15. The number of thiazole rings is 1. The average molecular weight is 968 g/mol. The Bertz CT molecular complexity index is 2730. The lowest BCUT2D eigenvalue weighted by Gasteiger charge is -2.35. The van der Waals surface area contributed by atoms with Crippen molar-refractivity contribution in [2.75, 3.05) is 37.7 Å². The third-order valence-electron chi connectivity index (χ3n) is 13.7. The van der Waals surface area contributed by atoms with Crippen molar-refractivity contribution in [1.82, 2.24) is 50.0 Å². The predicted octanol–water partition coefficient (Wildman–Crippen LogP) is 5.66. The number of amides is 4. The van der Waals surface area contributed by atoms with Crippen LogP contribution in [-0.2, 0) is 56.4 Å². The Hall–Kier alpha value is -6.12. The van der Waals surface area contributed by atoms with Crippen LogP contribution < -0.4 is 15.5 Å². The first kappa shape index (κ1) is 47.9. The molecule has 0 spiro atoms. The number of benzene rings is 1. The van der Waals surface area contributed by atoms with Gasteiger partial charge in [0.2, 0.25) is 23.6 Å². The molecule has 366 valence electrons. The van der Waals surface area contributed by atoms with Gasteiger partial charge in [-0.2, -0.15) is 10.2 Å². The summed E-state index contributed by atoms with van der Waals surface area (Å²) >= 11 is 1.56. The van der Waals surface area contributed by atoms with Crippen LogP contribution in [-0.4, -0.2) is 119 Å². The van der Waals surface area contributed by atoms with E-state index in [0.29, 0.717) is 74.9 Å². The van der Waals surface area contributed by atoms with Gasteiger partial charge in [-0.25, -0.2) is 13.8 Å². The van der Waals surface area contributed by atoms with Gasteiger partial charge in [0, 0.05) is 87.7 Å². The molecule has 20 heteroatoms. The summed E-state index contributed by atoms with van der Waals surface area (Å²) in [7, 11) is 0. The number of carbonyl (C=O) groups is 4. The maximum atomic E-state index is 15.1. The number of aryl methyl sites for hydroxylation is 2.